The van der Waals surface area contributed by atoms with Gasteiger partial charge in [-0.05, 0) is 62.9 Å². The molecule has 3 heterocycles. The topological polar surface area (TPSA) is 79.2 Å². The number of fused-ring (bicyclic) bond motifs is 5. The van der Waals surface area contributed by atoms with Gasteiger partial charge >= 0.3 is 0 Å². The van der Waals surface area contributed by atoms with Crippen molar-refractivity contribution >= 4 is 35.0 Å². The molecule has 2 aliphatic rings. The predicted octanol–water partition coefficient (Wildman–Crippen LogP) is 4.45. The molecule has 0 saturated heterocycles. The molecule has 2 aliphatic heterocycles. The van der Waals surface area contributed by atoms with E-state index >= 15 is 0 Å². The number of anilines is 2. The Bertz CT molecular complexity index is 1090. The van der Waals surface area contributed by atoms with Crippen LogP contribution in [0.3, 0.4) is 0 Å². The lowest BCUT2D eigenvalue weighted by Crippen LogP contribution is -2.32. The molecule has 1 aromatic carbocycles. The van der Waals surface area contributed by atoms with Crippen LogP contribution in [0.1, 0.15) is 47.8 Å². The van der Waals surface area contributed by atoms with Crippen LogP contribution < -0.4 is 10.2 Å². The number of amides is 1. The second kappa shape index (κ2) is 9.12. The maximum atomic E-state index is 13.1. The van der Waals surface area contributed by atoms with E-state index in [-0.39, 0.29) is 5.91 Å². The quantitative estimate of drug-likeness (QED) is 0.694. The van der Waals surface area contributed by atoms with Crippen LogP contribution in [0.2, 0.25) is 0 Å². The molecule has 0 spiro atoms. The Balaban J connectivity index is 1.75. The van der Waals surface area contributed by atoms with Crippen molar-refractivity contribution in [1.82, 2.24) is 4.98 Å². The molecule has 7 nitrogen and oxygen atoms in total. The minimum absolute atomic E-state index is 0.318. The molecule has 0 radical (unpaired) electrons. The van der Waals surface area contributed by atoms with Crippen LogP contribution in [0.15, 0.2) is 52.3 Å². The highest BCUT2D eigenvalue weighted by atomic mass is 16.5. The summed E-state index contributed by atoms with van der Waals surface area (Å²) in [5.41, 5.74) is 5.07. The number of carbonyl (C=O) groups excluding carboxylic acids is 1. The molecule has 0 fully saturated rings. The third-order valence-corrected chi connectivity index (χ3v) is 5.42. The van der Waals surface area contributed by atoms with Gasteiger partial charge in [0.15, 0.2) is 0 Å². The lowest BCUT2D eigenvalue weighted by Gasteiger charge is -2.19. The van der Waals surface area contributed by atoms with Crippen molar-refractivity contribution in [3.05, 3.63) is 59.1 Å². The zero-order valence-corrected chi connectivity index (χ0v) is 18.2. The van der Waals surface area contributed by atoms with Gasteiger partial charge in [-0.25, -0.2) is 0 Å². The van der Waals surface area contributed by atoms with E-state index in [1.54, 1.807) is 31.6 Å². The normalized spacial score (nSPS) is 21.3. The number of hydrogen-bond acceptors (Lipinski definition) is 6. The van der Waals surface area contributed by atoms with E-state index in [2.05, 4.69) is 44.2 Å². The van der Waals surface area contributed by atoms with Gasteiger partial charge in [-0.1, -0.05) is 6.07 Å². The van der Waals surface area contributed by atoms with Crippen LogP contribution in [0.4, 0.5) is 11.4 Å². The van der Waals surface area contributed by atoms with E-state index in [4.69, 9.17) is 4.74 Å². The first-order valence-electron chi connectivity index (χ1n) is 10.6. The van der Waals surface area contributed by atoms with Gasteiger partial charge in [0.1, 0.15) is 5.76 Å². The summed E-state index contributed by atoms with van der Waals surface area (Å²) in [5, 5.41) is 3.31. The monoisotopic (exact) mass is 417 g/mol. The van der Waals surface area contributed by atoms with Crippen molar-refractivity contribution in [3.8, 4) is 0 Å². The van der Waals surface area contributed by atoms with Crippen molar-refractivity contribution in [1.29, 1.82) is 0 Å². The molecular weight excluding hydrogens is 390 g/mol. The van der Waals surface area contributed by atoms with Gasteiger partial charge in [0.2, 0.25) is 5.96 Å². The van der Waals surface area contributed by atoms with E-state index in [0.29, 0.717) is 23.8 Å². The number of allylic oxidation sites excluding steroid dienone is 2. The number of aromatic nitrogens is 1. The van der Waals surface area contributed by atoms with Gasteiger partial charge in [0.25, 0.3) is 5.91 Å². The van der Waals surface area contributed by atoms with Crippen LogP contribution >= 0.6 is 0 Å². The minimum atomic E-state index is -0.318. The summed E-state index contributed by atoms with van der Waals surface area (Å²) in [6.45, 7) is 5.38. The molecule has 0 unspecified atom stereocenters. The summed E-state index contributed by atoms with van der Waals surface area (Å²) in [6.07, 6.45) is 6.25. The Hall–Kier alpha value is -3.48. The van der Waals surface area contributed by atoms with Crippen molar-refractivity contribution in [3.63, 3.8) is 0 Å². The highest BCUT2D eigenvalue weighted by molar-refractivity contribution is 6.19. The number of guanidine groups is 1. The lowest BCUT2D eigenvalue weighted by atomic mass is 10.1. The average Bonchev–Trinajstić information content (AvgIpc) is 3.09. The van der Waals surface area contributed by atoms with Gasteiger partial charge in [0, 0.05) is 31.6 Å². The van der Waals surface area contributed by atoms with E-state index in [1.165, 1.54) is 5.56 Å². The maximum absolute atomic E-state index is 13.1. The Labute approximate surface area is 182 Å². The summed E-state index contributed by atoms with van der Waals surface area (Å²) in [6, 6.07) is 9.64. The molecular formula is C24H27N5O2. The lowest BCUT2D eigenvalue weighted by molar-refractivity contribution is 0.100. The first-order chi connectivity index (χ1) is 15.1. The number of nitrogens with zero attached hydrogens (tertiary/aromatic N) is 4. The molecule has 7 heteroatoms. The van der Waals surface area contributed by atoms with Crippen molar-refractivity contribution in [2.24, 2.45) is 9.98 Å². The molecule has 0 aliphatic carbocycles. The number of pyridine rings is 1. The molecule has 1 amide bonds. The second-order valence-corrected chi connectivity index (χ2v) is 7.73. The molecule has 0 saturated carbocycles. The molecule has 2 aromatic rings. The second-order valence-electron chi connectivity index (χ2n) is 7.73. The van der Waals surface area contributed by atoms with E-state index in [1.807, 2.05) is 13.0 Å². The first-order valence-corrected chi connectivity index (χ1v) is 10.6. The molecule has 160 valence electrons. The van der Waals surface area contributed by atoms with Crippen LogP contribution in [0.25, 0.3) is 5.57 Å². The third kappa shape index (κ3) is 4.50. The van der Waals surface area contributed by atoms with Crippen LogP contribution in [0.5, 0.6) is 0 Å². The van der Waals surface area contributed by atoms with Gasteiger partial charge in [-0.2, -0.15) is 4.99 Å². The van der Waals surface area contributed by atoms with Gasteiger partial charge in [-0.15, -0.1) is 0 Å². The average molecular weight is 418 g/mol. The number of hydrogen-bond donors (Lipinski definition) is 1. The molecule has 1 aromatic heterocycles. The Morgan fingerprint density at radius 3 is 2.87 bits per heavy atom. The van der Waals surface area contributed by atoms with E-state index < -0.39 is 0 Å². The van der Waals surface area contributed by atoms with Crippen LogP contribution in [0, 0.1) is 6.92 Å². The fraction of sp³-hybridized carbons (Fsp3) is 0.333. The number of aliphatic imine (C=N–C) groups is 2. The largest absolute Gasteiger partial charge is 0.497 e. The number of rotatable bonds is 1. The summed E-state index contributed by atoms with van der Waals surface area (Å²) in [4.78, 5) is 28.2. The van der Waals surface area contributed by atoms with Crippen molar-refractivity contribution in [2.45, 2.75) is 33.1 Å². The van der Waals surface area contributed by atoms with Crippen molar-refractivity contribution < 1.29 is 9.53 Å². The molecule has 1 N–H and O–H groups in total. The zero-order valence-electron chi connectivity index (χ0n) is 18.2. The Morgan fingerprint density at radius 2 is 2.03 bits per heavy atom. The SMILES string of the molecule is C/N=C\C1=C(/C)OCCCCCN2/C(=N/C(=O)c3ccnc1c3)Nc1ccc(C)cc12. The number of nitrogens with one attached hydrogen (secondary N) is 1. The van der Waals surface area contributed by atoms with Gasteiger partial charge < -0.3 is 15.0 Å². The Morgan fingerprint density at radius 1 is 1.16 bits per heavy atom. The van der Waals surface area contributed by atoms with Crippen molar-refractivity contribution in [2.75, 3.05) is 30.4 Å². The maximum Gasteiger partial charge on any atom is 0.280 e. The summed E-state index contributed by atoms with van der Waals surface area (Å²) < 4.78 is 5.97. The number of benzene rings is 1. The highest BCUT2D eigenvalue weighted by Gasteiger charge is 2.26. The summed E-state index contributed by atoms with van der Waals surface area (Å²) in [5.74, 6) is 0.995. The Kier molecular flexibility index (Phi) is 6.11. The molecule has 2 bridgehead atoms. The first kappa shape index (κ1) is 20.8. The molecule has 31 heavy (non-hydrogen) atoms. The van der Waals surface area contributed by atoms with E-state index in [0.717, 1.165) is 48.5 Å². The number of aryl methyl sites for hydroxylation is 1. The number of carbonyl (C=O) groups is 1. The summed E-state index contributed by atoms with van der Waals surface area (Å²) in [7, 11) is 1.70. The summed E-state index contributed by atoms with van der Waals surface area (Å²) >= 11 is 0. The van der Waals surface area contributed by atoms with Crippen LogP contribution in [-0.4, -0.2) is 43.3 Å². The van der Waals surface area contributed by atoms with Gasteiger partial charge in [0.05, 0.1) is 29.2 Å². The third-order valence-electron chi connectivity index (χ3n) is 5.42. The zero-order chi connectivity index (χ0) is 21.8. The van der Waals surface area contributed by atoms with E-state index in [9.17, 15) is 4.79 Å². The molecule has 0 atom stereocenters. The smallest absolute Gasteiger partial charge is 0.280 e. The standard InChI is InChI=1S/C24H27N5O2/c1-16-7-8-20-22(13-16)29-11-5-4-6-12-31-17(2)19(15-25-3)21-14-18(9-10-26-21)23(30)28-24(29)27-20/h7-10,13-15H,4-6,11-12H2,1-3H3,(H,27,28,30)/b19-17-,25-15-. The highest BCUT2D eigenvalue weighted by Crippen LogP contribution is 2.33. The van der Waals surface area contributed by atoms with Gasteiger partial charge in [-0.3, -0.25) is 14.8 Å². The fourth-order valence-electron chi connectivity index (χ4n) is 3.78. The molecule has 4 rings (SSSR count). The number of ether oxygens (including phenoxy) is 1. The van der Waals surface area contributed by atoms with Crippen LogP contribution in [-0.2, 0) is 4.74 Å². The minimum Gasteiger partial charge on any atom is -0.497 e. The predicted molar refractivity (Wildman–Crippen MR) is 125 cm³/mol. The fourth-order valence-corrected chi connectivity index (χ4v) is 3.78.